The van der Waals surface area contributed by atoms with Crippen molar-refractivity contribution in [2.24, 2.45) is 94.7 Å². The Morgan fingerprint density at radius 1 is 0.346 bits per heavy atom. The SMILES string of the molecule is CCCCC1C(C)C(C)C([Si](C)(C)N(CC)C(C)(C)C)C1C.CCCCN(CC)[Si](C)(C)C1C(C)C(C)C(C)C1C.CCN(C(C)(C)C)[Si](C)(C)C1C(C)C(C)C(C)C1C.CCN(c1ccccc1)[Si](C)(C)C1C(C)C(C)C(C)C1C. The second-order valence-electron chi connectivity index (χ2n) is 33.3. The monoisotopic (exact) mass is 1200 g/mol. The number of anilines is 1. The fourth-order valence-corrected chi connectivity index (χ4v) is 43.7. The van der Waals surface area contributed by atoms with E-state index in [0.29, 0.717) is 11.1 Å². The Labute approximate surface area is 516 Å². The van der Waals surface area contributed by atoms with Crippen LogP contribution in [0.1, 0.15) is 219 Å². The van der Waals surface area contributed by atoms with Crippen molar-refractivity contribution in [2.75, 3.05) is 37.3 Å². The molecule has 8 heteroatoms. The summed E-state index contributed by atoms with van der Waals surface area (Å²) in [6.07, 6.45) is 6.90. The minimum absolute atomic E-state index is 0.300. The van der Waals surface area contributed by atoms with Gasteiger partial charge in [0, 0.05) is 23.3 Å². The first-order valence-electron chi connectivity index (χ1n) is 35.2. The average Bonchev–Trinajstić information content (AvgIpc) is 3.88. The van der Waals surface area contributed by atoms with E-state index in [0.717, 1.165) is 123 Å². The van der Waals surface area contributed by atoms with Gasteiger partial charge in [-0.15, -0.1) is 0 Å². The van der Waals surface area contributed by atoms with Crippen LogP contribution in [0.5, 0.6) is 0 Å². The molecule has 4 nitrogen and oxygen atoms in total. The molecular weight excluding hydrogens is 1050 g/mol. The third kappa shape index (κ3) is 17.1. The van der Waals surface area contributed by atoms with Crippen LogP contribution in [0.25, 0.3) is 0 Å². The van der Waals surface area contributed by atoms with Crippen LogP contribution >= 0.6 is 0 Å². The van der Waals surface area contributed by atoms with Crippen molar-refractivity contribution in [3.63, 3.8) is 0 Å². The fourth-order valence-electron chi connectivity index (χ4n) is 21.3. The topological polar surface area (TPSA) is 13.0 Å². The van der Waals surface area contributed by atoms with Gasteiger partial charge in [-0.2, -0.15) is 0 Å². The molecule has 0 aliphatic heterocycles. The van der Waals surface area contributed by atoms with Crippen LogP contribution in [0.2, 0.25) is 74.5 Å². The molecule has 4 fully saturated rings. The van der Waals surface area contributed by atoms with Crippen LogP contribution in [0, 0.1) is 94.7 Å². The third-order valence-corrected chi connectivity index (χ3v) is 45.7. The lowest BCUT2D eigenvalue weighted by molar-refractivity contribution is 0.237. The van der Waals surface area contributed by atoms with Crippen molar-refractivity contribution in [1.82, 2.24) is 13.7 Å². The van der Waals surface area contributed by atoms with Gasteiger partial charge in [0.25, 0.3) is 0 Å². The van der Waals surface area contributed by atoms with Gasteiger partial charge in [0.05, 0.1) is 0 Å². The number of unbranched alkanes of at least 4 members (excludes halogenated alkanes) is 2. The second kappa shape index (κ2) is 31.3. The van der Waals surface area contributed by atoms with E-state index in [2.05, 4.69) is 288 Å². The molecule has 17 atom stereocenters. The van der Waals surface area contributed by atoms with E-state index in [-0.39, 0.29) is 0 Å². The summed E-state index contributed by atoms with van der Waals surface area (Å²) in [7, 11) is -5.69. The van der Waals surface area contributed by atoms with E-state index in [4.69, 9.17) is 0 Å². The van der Waals surface area contributed by atoms with E-state index >= 15 is 0 Å². The van der Waals surface area contributed by atoms with Gasteiger partial charge in [0.15, 0.2) is 8.24 Å². The summed E-state index contributed by atoms with van der Waals surface area (Å²) < 4.78 is 11.4. The molecule has 0 N–H and O–H groups in total. The van der Waals surface area contributed by atoms with Crippen molar-refractivity contribution in [3.05, 3.63) is 30.3 Å². The molecule has 0 spiro atoms. The first-order chi connectivity index (χ1) is 37.1. The zero-order valence-electron chi connectivity index (χ0n) is 61.8. The zero-order chi connectivity index (χ0) is 63.0. The highest BCUT2D eigenvalue weighted by atomic mass is 28.3. The minimum Gasteiger partial charge on any atom is -0.398 e. The molecule has 0 heterocycles. The van der Waals surface area contributed by atoms with Gasteiger partial charge in [-0.1, -0.05) is 228 Å². The van der Waals surface area contributed by atoms with Gasteiger partial charge < -0.3 is 18.3 Å². The van der Waals surface area contributed by atoms with Gasteiger partial charge in [-0.25, -0.2) is 0 Å². The highest BCUT2D eigenvalue weighted by molar-refractivity contribution is 6.82. The smallest absolute Gasteiger partial charge is 0.154 e. The molecule has 478 valence electrons. The lowest BCUT2D eigenvalue weighted by atomic mass is 9.85. The normalized spacial score (nSPS) is 34.9. The van der Waals surface area contributed by atoms with Crippen LogP contribution in [0.3, 0.4) is 0 Å². The Kier molecular flexibility index (Phi) is 29.7. The van der Waals surface area contributed by atoms with Crippen molar-refractivity contribution < 1.29 is 0 Å². The number of rotatable bonds is 19. The minimum atomic E-state index is -1.52. The van der Waals surface area contributed by atoms with Crippen LogP contribution in [-0.2, 0) is 0 Å². The Balaban J connectivity index is 0.000000370. The number of benzene rings is 1. The lowest BCUT2D eigenvalue weighted by Crippen LogP contribution is -2.61. The molecule has 0 radical (unpaired) electrons. The predicted octanol–water partition coefficient (Wildman–Crippen LogP) is 22.5. The number of nitrogens with zero attached hydrogens (tertiary/aromatic N) is 4. The van der Waals surface area contributed by atoms with Crippen molar-refractivity contribution in [2.45, 2.75) is 305 Å². The quantitative estimate of drug-likeness (QED) is 0.128. The molecule has 0 saturated heterocycles. The van der Waals surface area contributed by atoms with Gasteiger partial charge in [0.2, 0.25) is 0 Å². The summed E-state index contributed by atoms with van der Waals surface area (Å²) in [4.78, 5) is 0. The first kappa shape index (κ1) is 76.9. The molecule has 17 unspecified atom stereocenters. The van der Waals surface area contributed by atoms with Gasteiger partial charge in [-0.05, 0) is 216 Å². The molecule has 4 saturated carbocycles. The van der Waals surface area contributed by atoms with Crippen molar-refractivity contribution in [3.8, 4) is 0 Å². The Hall–Kier alpha value is -0.232. The molecule has 5 rings (SSSR count). The first-order valence-corrected chi connectivity index (χ1v) is 47.3. The summed E-state index contributed by atoms with van der Waals surface area (Å²) in [5.41, 5.74) is 5.73. The summed E-state index contributed by atoms with van der Waals surface area (Å²) in [5, 5.41) is 0. The number of hydrogen-bond donors (Lipinski definition) is 0. The molecule has 1 aromatic carbocycles. The molecule has 4 aliphatic carbocycles. The molecule has 0 bridgehead atoms. The average molecular weight is 1200 g/mol. The third-order valence-electron chi connectivity index (χ3n) is 26.0. The predicted molar refractivity (Wildman–Crippen MR) is 381 cm³/mol. The lowest BCUT2D eigenvalue weighted by Gasteiger charge is -2.51. The van der Waals surface area contributed by atoms with Gasteiger partial charge in [-0.3, -0.25) is 0 Å². The van der Waals surface area contributed by atoms with Crippen LogP contribution < -0.4 is 4.57 Å². The molecule has 0 aromatic heterocycles. The van der Waals surface area contributed by atoms with Crippen molar-refractivity contribution in [1.29, 1.82) is 0 Å². The van der Waals surface area contributed by atoms with Crippen LogP contribution in [-0.4, -0.2) is 90.4 Å². The Morgan fingerprint density at radius 2 is 0.654 bits per heavy atom. The zero-order valence-corrected chi connectivity index (χ0v) is 65.8. The summed E-state index contributed by atoms with van der Waals surface area (Å²) in [6, 6.07) is 11.0. The highest BCUT2D eigenvalue weighted by Crippen LogP contribution is 2.59. The van der Waals surface area contributed by atoms with Gasteiger partial charge >= 0.3 is 0 Å². The maximum absolute atomic E-state index is 2.88. The van der Waals surface area contributed by atoms with E-state index < -0.39 is 32.9 Å². The second-order valence-corrected chi connectivity index (χ2v) is 51.4. The van der Waals surface area contributed by atoms with E-state index in [1.165, 1.54) is 64.0 Å². The Bertz CT molecular complexity index is 1880. The van der Waals surface area contributed by atoms with Crippen LogP contribution in [0.4, 0.5) is 5.69 Å². The van der Waals surface area contributed by atoms with Crippen LogP contribution in [0.15, 0.2) is 30.3 Å². The molecule has 4 aliphatic rings. The molecular formula is C73H150N4Si4. The summed E-state index contributed by atoms with van der Waals surface area (Å²) in [6.45, 7) is 93.1. The standard InChI is InChI=1S/C20H43NSi.C19H33NSi.2C17H37NSi/c1-11-13-14-18-15(3)16(4)19(17(18)5)22(9,10)21(12-2)20(6,7)8;1-8-20(18-12-10-9-11-13-18)21(6,7)19-16(4)14(2)15(3)17(19)5;1-11-18(17(6,7)8)19(9,10)16-14(4)12(2)13(3)15(16)5;1-9-11-12-18(10-2)19(7,8)17-15(5)13(3)14(4)16(17)6/h15-19H,11-14H2,1-10H3;9-17,19H,8H2,1-7H3;12-16H,11H2,1-10H3;13-17H,9-12H2,1-8H3. The molecule has 81 heavy (non-hydrogen) atoms. The largest absolute Gasteiger partial charge is 0.398 e. The fraction of sp³-hybridized carbons (Fsp3) is 0.918. The highest BCUT2D eigenvalue weighted by Gasteiger charge is 2.56. The van der Waals surface area contributed by atoms with E-state index in [9.17, 15) is 0 Å². The van der Waals surface area contributed by atoms with E-state index in [1.807, 2.05) is 0 Å². The number of hydrogen-bond acceptors (Lipinski definition) is 4. The Morgan fingerprint density at radius 3 is 0.951 bits per heavy atom. The maximum Gasteiger partial charge on any atom is 0.154 e. The molecule has 1 aromatic rings. The maximum atomic E-state index is 2.88. The van der Waals surface area contributed by atoms with Crippen molar-refractivity contribution >= 4 is 38.6 Å². The van der Waals surface area contributed by atoms with Gasteiger partial charge in [0.1, 0.15) is 24.7 Å². The summed E-state index contributed by atoms with van der Waals surface area (Å²) >= 11 is 0. The summed E-state index contributed by atoms with van der Waals surface area (Å²) in [5.74, 6) is 14.1. The number of para-hydroxylation sites is 1. The van der Waals surface area contributed by atoms with E-state index in [1.54, 1.807) is 0 Å². The molecule has 0 amide bonds.